The number of carboxylic acid groups (broad SMARTS) is 1. The average molecular weight is 643 g/mol. The largest absolute Gasteiger partial charge is 1.00 e. The molecule has 0 bridgehead atoms. The van der Waals surface area contributed by atoms with Crippen LogP contribution in [0.25, 0.3) is 11.9 Å². The summed E-state index contributed by atoms with van der Waals surface area (Å²) in [5.41, 5.74) is 12.9. The van der Waals surface area contributed by atoms with Crippen LogP contribution in [0.3, 0.4) is 0 Å². The molecule has 0 radical (unpaired) electrons. The molecule has 5 aromatic heterocycles. The fourth-order valence-electron chi connectivity index (χ4n) is 4.02. The fraction of sp³-hybridized carbons (Fsp3) is 0.286. The van der Waals surface area contributed by atoms with Gasteiger partial charge in [-0.1, -0.05) is 47.7 Å². The molecule has 5 aromatic rings. The topological polar surface area (TPSA) is 265 Å². The summed E-state index contributed by atoms with van der Waals surface area (Å²) in [5.74, 6) is -1.39. The molecule has 236 valence electrons. The number of nitrogen functional groups attached to an aromatic ring is 2. The van der Waals surface area contributed by atoms with Crippen LogP contribution in [-0.4, -0.2) is 50.5 Å². The van der Waals surface area contributed by atoms with E-state index < -0.39 is 22.8 Å². The third-order valence-electron chi connectivity index (χ3n) is 6.27. The molecule has 0 saturated carbocycles. The minimum Gasteiger partial charge on any atom is -0.844 e. The normalized spacial score (nSPS) is 11.6. The molecule has 0 fully saturated rings. The first-order valence-corrected chi connectivity index (χ1v) is 13.7. The van der Waals surface area contributed by atoms with E-state index in [1.807, 2.05) is 41.5 Å². The molecule has 0 spiro atoms. The first-order valence-electron chi connectivity index (χ1n) is 13.7. The number of rotatable bonds is 7. The molecular formula is C28H28Li3N15O3. The van der Waals surface area contributed by atoms with E-state index in [0.717, 1.165) is 10.9 Å². The van der Waals surface area contributed by atoms with Gasteiger partial charge in [-0.25, -0.2) is 27.1 Å². The van der Waals surface area contributed by atoms with E-state index in [2.05, 4.69) is 61.6 Å². The van der Waals surface area contributed by atoms with E-state index in [4.69, 9.17) is 11.5 Å². The Morgan fingerprint density at radius 1 is 0.755 bits per heavy atom. The smallest absolute Gasteiger partial charge is 0.844 e. The number of hydrogen-bond donors (Lipinski definition) is 2. The van der Waals surface area contributed by atoms with Crippen molar-refractivity contribution in [2.24, 2.45) is 20.5 Å². The molecule has 0 atom stereocenters. The maximum atomic E-state index is 12.8. The van der Waals surface area contributed by atoms with E-state index in [1.165, 1.54) is 23.0 Å². The molecule has 0 aliphatic rings. The van der Waals surface area contributed by atoms with Crippen LogP contribution in [-0.2, 0) is 10.8 Å². The van der Waals surface area contributed by atoms with E-state index in [1.54, 1.807) is 12.1 Å². The number of pyridine rings is 2. The summed E-state index contributed by atoms with van der Waals surface area (Å²) in [6, 6.07) is 7.81. The SMILES string of the molecule is CC(C)(C)c1nn(-c2nc([O-])nc(-n3nc(C(C)(C)C)c(N=Nc4ccc(C(=O)[O-])cn4)c3N)n2)c(N)c1N=Nc1cc[c-]cn1.[Li+].[Li+].[Li+]. The molecule has 0 unspecified atom stereocenters. The summed E-state index contributed by atoms with van der Waals surface area (Å²) in [4.78, 5) is 31.3. The maximum absolute atomic E-state index is 12.8. The van der Waals surface area contributed by atoms with Gasteiger partial charge in [0.15, 0.2) is 28.8 Å². The monoisotopic (exact) mass is 643 g/mol. The standard InChI is InChI=1S/C28H30N15O3.3Li/c1-27(2,3)19-17(38-36-15-9-7-8-12-31-15)21(29)42(40-19)24-33-25(35-26(46)34-24)43-22(30)18(20(41-43)28(4,5)6)39-37-16-11-10-14(13-32-16)23(44)45;;;/h7,9-13H,29-30H2,1-6H3,(H,44,45)(H,33,34,35,46);;;/q-1;3*+1/p-2. The second-order valence-corrected chi connectivity index (χ2v) is 11.9. The van der Waals surface area contributed by atoms with Crippen LogP contribution < -0.4 is 78.3 Å². The van der Waals surface area contributed by atoms with Crippen molar-refractivity contribution >= 4 is 40.6 Å². The van der Waals surface area contributed by atoms with Crippen molar-refractivity contribution in [3.8, 4) is 17.9 Å². The molecule has 0 aliphatic carbocycles. The van der Waals surface area contributed by atoms with Gasteiger partial charge in [0.25, 0.3) is 11.9 Å². The minimum atomic E-state index is -1.37. The van der Waals surface area contributed by atoms with Gasteiger partial charge >= 0.3 is 56.6 Å². The van der Waals surface area contributed by atoms with Crippen molar-refractivity contribution in [1.29, 1.82) is 0 Å². The predicted molar refractivity (Wildman–Crippen MR) is 160 cm³/mol. The number of nitrogens with zero attached hydrogens (tertiary/aromatic N) is 13. The van der Waals surface area contributed by atoms with Gasteiger partial charge in [-0.15, -0.1) is 15.3 Å². The summed E-state index contributed by atoms with van der Waals surface area (Å²) < 4.78 is 2.30. The Hall–Kier alpha value is -4.41. The van der Waals surface area contributed by atoms with E-state index >= 15 is 0 Å². The number of anilines is 2. The summed E-state index contributed by atoms with van der Waals surface area (Å²) >= 11 is 0. The van der Waals surface area contributed by atoms with Gasteiger partial charge in [-0.3, -0.25) is 4.98 Å². The Morgan fingerprint density at radius 3 is 1.63 bits per heavy atom. The Morgan fingerprint density at radius 2 is 1.24 bits per heavy atom. The number of carbonyl (C=O) groups is 1. The first kappa shape index (κ1) is 40.8. The van der Waals surface area contributed by atoms with Gasteiger partial charge in [0.05, 0.1) is 29.2 Å². The van der Waals surface area contributed by atoms with Gasteiger partial charge in [0, 0.05) is 22.6 Å². The number of nitrogens with two attached hydrogens (primary N) is 2. The zero-order valence-electron chi connectivity index (χ0n) is 28.7. The third kappa shape index (κ3) is 8.99. The Bertz CT molecular complexity index is 1980. The number of carboxylic acids is 1. The fourth-order valence-corrected chi connectivity index (χ4v) is 4.02. The molecule has 0 aliphatic heterocycles. The number of aromatic nitrogens is 9. The molecular weight excluding hydrogens is 615 g/mol. The molecule has 49 heavy (non-hydrogen) atoms. The molecule has 5 heterocycles. The van der Waals surface area contributed by atoms with Crippen molar-refractivity contribution in [2.45, 2.75) is 52.4 Å². The quantitative estimate of drug-likeness (QED) is 0.0953. The van der Waals surface area contributed by atoms with Crippen LogP contribution in [0, 0.1) is 6.07 Å². The number of aromatic carboxylic acids is 1. The second kappa shape index (κ2) is 15.9. The van der Waals surface area contributed by atoms with Gasteiger partial charge in [-0.05, 0) is 12.1 Å². The minimum absolute atomic E-state index is 0. The molecule has 4 N–H and O–H groups in total. The van der Waals surface area contributed by atoms with Crippen LogP contribution in [0.4, 0.5) is 34.6 Å². The number of hydrogen-bond acceptors (Lipinski definition) is 16. The summed E-state index contributed by atoms with van der Waals surface area (Å²) in [7, 11) is 0. The zero-order chi connectivity index (χ0) is 33.4. The van der Waals surface area contributed by atoms with Crippen molar-refractivity contribution < 1.29 is 71.6 Å². The summed E-state index contributed by atoms with van der Waals surface area (Å²) in [6.45, 7) is 11.4. The number of azo groups is 2. The third-order valence-corrected chi connectivity index (χ3v) is 6.27. The van der Waals surface area contributed by atoms with Crippen molar-refractivity contribution in [3.05, 3.63) is 59.7 Å². The van der Waals surface area contributed by atoms with Crippen molar-refractivity contribution in [3.63, 3.8) is 0 Å². The van der Waals surface area contributed by atoms with Gasteiger partial charge in [0.2, 0.25) is 0 Å². The second-order valence-electron chi connectivity index (χ2n) is 11.9. The van der Waals surface area contributed by atoms with Crippen molar-refractivity contribution in [1.82, 2.24) is 44.5 Å². The zero-order valence-corrected chi connectivity index (χ0v) is 28.7. The summed E-state index contributed by atoms with van der Waals surface area (Å²) in [5, 5.41) is 49.7. The van der Waals surface area contributed by atoms with Crippen LogP contribution >= 0.6 is 0 Å². The van der Waals surface area contributed by atoms with Crippen LogP contribution in [0.15, 0.2) is 57.1 Å². The first-order chi connectivity index (χ1) is 21.6. The van der Waals surface area contributed by atoms with Crippen molar-refractivity contribution in [2.75, 3.05) is 11.5 Å². The Balaban J connectivity index is 0.00000278. The van der Waals surface area contributed by atoms with E-state index in [0.29, 0.717) is 17.2 Å². The maximum Gasteiger partial charge on any atom is 1.00 e. The molecule has 21 heteroatoms. The van der Waals surface area contributed by atoms with E-state index in [9.17, 15) is 15.0 Å². The molecule has 5 rings (SSSR count). The summed E-state index contributed by atoms with van der Waals surface area (Å²) in [6.07, 6.45) is 2.56. The Labute approximate surface area is 316 Å². The van der Waals surface area contributed by atoms with Crippen LogP contribution in [0.5, 0.6) is 6.01 Å². The molecule has 0 aromatic carbocycles. The predicted octanol–water partition coefficient (Wildman–Crippen LogP) is -6.13. The van der Waals surface area contributed by atoms with Crippen LogP contribution in [0.2, 0.25) is 0 Å². The van der Waals surface area contributed by atoms with Gasteiger partial charge in [-0.2, -0.15) is 35.7 Å². The number of carbonyl (C=O) groups excluding carboxylic acids is 1. The van der Waals surface area contributed by atoms with E-state index in [-0.39, 0.29) is 103 Å². The molecule has 0 amide bonds. The molecule has 18 nitrogen and oxygen atoms in total. The van der Waals surface area contributed by atoms with Gasteiger partial charge in [0.1, 0.15) is 0 Å². The van der Waals surface area contributed by atoms with Gasteiger partial charge < -0.3 is 26.5 Å². The molecule has 0 saturated heterocycles. The average Bonchev–Trinajstić information content (AvgIpc) is 3.52. The Kier molecular flexibility index (Phi) is 13.2. The van der Waals surface area contributed by atoms with Crippen LogP contribution in [0.1, 0.15) is 63.3 Å².